The standard InChI is InChI=1S/C26H22N2O2/c1-19(30-24-16-14-21(15-17-24)20-8-3-2-4-9-20)26(29)28-27-18-23-12-7-11-22-10-5-6-13-25(22)23/h2-19H,1H3,(H,28,29)/b27-18+. The minimum Gasteiger partial charge on any atom is -0.481 e. The molecule has 0 saturated heterocycles. The van der Waals surface area contributed by atoms with Crippen LogP contribution in [0.4, 0.5) is 0 Å². The molecule has 0 aliphatic heterocycles. The van der Waals surface area contributed by atoms with Gasteiger partial charge in [0.25, 0.3) is 5.91 Å². The molecule has 0 aliphatic rings. The van der Waals surface area contributed by atoms with Crippen molar-refractivity contribution < 1.29 is 9.53 Å². The van der Waals surface area contributed by atoms with E-state index in [1.54, 1.807) is 13.1 Å². The monoisotopic (exact) mass is 394 g/mol. The van der Waals surface area contributed by atoms with E-state index in [0.29, 0.717) is 5.75 Å². The van der Waals surface area contributed by atoms with Crippen molar-refractivity contribution in [1.29, 1.82) is 0 Å². The molecule has 4 rings (SSSR count). The van der Waals surface area contributed by atoms with Crippen molar-refractivity contribution in [1.82, 2.24) is 5.43 Å². The van der Waals surface area contributed by atoms with Crippen LogP contribution in [0.3, 0.4) is 0 Å². The first-order valence-electron chi connectivity index (χ1n) is 9.83. The summed E-state index contributed by atoms with van der Waals surface area (Å²) >= 11 is 0. The van der Waals surface area contributed by atoms with E-state index in [2.05, 4.69) is 22.7 Å². The van der Waals surface area contributed by atoms with Gasteiger partial charge < -0.3 is 4.74 Å². The molecule has 4 aromatic carbocycles. The summed E-state index contributed by atoms with van der Waals surface area (Å²) in [5.74, 6) is 0.328. The molecule has 4 heteroatoms. The van der Waals surface area contributed by atoms with Crippen LogP contribution in [0.25, 0.3) is 21.9 Å². The number of fused-ring (bicyclic) bond motifs is 1. The van der Waals surface area contributed by atoms with Crippen LogP contribution in [-0.4, -0.2) is 18.2 Å². The van der Waals surface area contributed by atoms with E-state index >= 15 is 0 Å². The average molecular weight is 394 g/mol. The summed E-state index contributed by atoms with van der Waals surface area (Å²) < 4.78 is 5.75. The number of nitrogens with one attached hydrogen (secondary N) is 1. The van der Waals surface area contributed by atoms with E-state index in [0.717, 1.165) is 27.5 Å². The Balaban J connectivity index is 1.36. The highest BCUT2D eigenvalue weighted by Crippen LogP contribution is 2.22. The smallest absolute Gasteiger partial charge is 0.280 e. The van der Waals surface area contributed by atoms with Gasteiger partial charge in [-0.25, -0.2) is 5.43 Å². The van der Waals surface area contributed by atoms with Crippen LogP contribution in [0, 0.1) is 0 Å². The molecule has 1 unspecified atom stereocenters. The van der Waals surface area contributed by atoms with Crippen molar-refractivity contribution in [3.8, 4) is 16.9 Å². The summed E-state index contributed by atoms with van der Waals surface area (Å²) in [7, 11) is 0. The van der Waals surface area contributed by atoms with Gasteiger partial charge >= 0.3 is 0 Å². The minimum atomic E-state index is -0.669. The number of carbonyl (C=O) groups is 1. The zero-order valence-electron chi connectivity index (χ0n) is 16.7. The van der Waals surface area contributed by atoms with Crippen LogP contribution in [0.15, 0.2) is 102 Å². The lowest BCUT2D eigenvalue weighted by Gasteiger charge is -2.13. The van der Waals surface area contributed by atoms with Gasteiger partial charge in [0.1, 0.15) is 5.75 Å². The highest BCUT2D eigenvalue weighted by atomic mass is 16.5. The Bertz CT molecular complexity index is 1160. The van der Waals surface area contributed by atoms with Crippen LogP contribution >= 0.6 is 0 Å². The molecule has 0 aliphatic carbocycles. The second-order valence-electron chi connectivity index (χ2n) is 6.95. The molecule has 1 amide bonds. The van der Waals surface area contributed by atoms with Gasteiger partial charge in [-0.1, -0.05) is 84.9 Å². The Morgan fingerprint density at radius 1 is 0.833 bits per heavy atom. The van der Waals surface area contributed by atoms with Gasteiger partial charge in [-0.2, -0.15) is 5.10 Å². The first-order chi connectivity index (χ1) is 14.7. The largest absolute Gasteiger partial charge is 0.481 e. The Hall–Kier alpha value is -3.92. The molecular formula is C26H22N2O2. The predicted molar refractivity (Wildman–Crippen MR) is 122 cm³/mol. The van der Waals surface area contributed by atoms with E-state index in [4.69, 9.17) is 4.74 Å². The molecule has 0 aromatic heterocycles. The summed E-state index contributed by atoms with van der Waals surface area (Å²) in [4.78, 5) is 12.3. The van der Waals surface area contributed by atoms with E-state index in [1.165, 1.54) is 0 Å². The van der Waals surface area contributed by atoms with Crippen LogP contribution in [-0.2, 0) is 4.79 Å². The van der Waals surface area contributed by atoms with Crippen LogP contribution < -0.4 is 10.2 Å². The summed E-state index contributed by atoms with van der Waals surface area (Å²) in [5.41, 5.74) is 5.74. The molecule has 4 nitrogen and oxygen atoms in total. The summed E-state index contributed by atoms with van der Waals surface area (Å²) in [5, 5.41) is 6.32. The number of ether oxygens (including phenoxy) is 1. The average Bonchev–Trinajstić information content (AvgIpc) is 2.80. The molecule has 30 heavy (non-hydrogen) atoms. The normalized spacial score (nSPS) is 12.0. The minimum absolute atomic E-state index is 0.307. The summed E-state index contributed by atoms with van der Waals surface area (Å²) in [6.07, 6.45) is 0.985. The topological polar surface area (TPSA) is 50.7 Å². The van der Waals surface area contributed by atoms with Crippen molar-refractivity contribution in [3.63, 3.8) is 0 Å². The lowest BCUT2D eigenvalue weighted by Crippen LogP contribution is -2.33. The Morgan fingerprint density at radius 2 is 1.50 bits per heavy atom. The van der Waals surface area contributed by atoms with Gasteiger partial charge in [-0.05, 0) is 41.0 Å². The van der Waals surface area contributed by atoms with Crippen molar-refractivity contribution in [2.45, 2.75) is 13.0 Å². The highest BCUT2D eigenvalue weighted by Gasteiger charge is 2.14. The zero-order chi connectivity index (χ0) is 20.8. The number of hydrogen-bond donors (Lipinski definition) is 1. The Kier molecular flexibility index (Phi) is 5.85. The molecule has 0 spiro atoms. The van der Waals surface area contributed by atoms with Crippen LogP contribution in [0.1, 0.15) is 12.5 Å². The van der Waals surface area contributed by atoms with Crippen molar-refractivity contribution in [2.75, 3.05) is 0 Å². The molecule has 0 saturated carbocycles. The molecule has 1 atom stereocenters. The zero-order valence-corrected chi connectivity index (χ0v) is 16.7. The highest BCUT2D eigenvalue weighted by molar-refractivity contribution is 6.00. The first kappa shape index (κ1) is 19.4. The van der Waals surface area contributed by atoms with Gasteiger partial charge in [0.05, 0.1) is 6.21 Å². The molecular weight excluding hydrogens is 372 g/mol. The van der Waals surface area contributed by atoms with Gasteiger partial charge in [0.15, 0.2) is 6.10 Å². The second kappa shape index (κ2) is 9.05. The number of nitrogens with zero attached hydrogens (tertiary/aromatic N) is 1. The molecule has 0 radical (unpaired) electrons. The van der Waals surface area contributed by atoms with Gasteiger partial charge in [-0.3, -0.25) is 4.79 Å². The van der Waals surface area contributed by atoms with E-state index in [1.807, 2.05) is 84.9 Å². The number of carbonyl (C=O) groups excluding carboxylic acids is 1. The quantitative estimate of drug-likeness (QED) is 0.350. The number of benzene rings is 4. The summed E-state index contributed by atoms with van der Waals surface area (Å²) in [6.45, 7) is 1.70. The van der Waals surface area contributed by atoms with Crippen LogP contribution in [0.2, 0.25) is 0 Å². The van der Waals surface area contributed by atoms with E-state index in [9.17, 15) is 4.79 Å². The molecule has 0 heterocycles. The molecule has 0 bridgehead atoms. The fourth-order valence-electron chi connectivity index (χ4n) is 3.23. The van der Waals surface area contributed by atoms with Crippen molar-refractivity contribution in [3.05, 3.63) is 103 Å². The van der Waals surface area contributed by atoms with Crippen molar-refractivity contribution in [2.24, 2.45) is 5.10 Å². The fraction of sp³-hybridized carbons (Fsp3) is 0.0769. The number of hydrazone groups is 1. The molecule has 0 fully saturated rings. The van der Waals surface area contributed by atoms with Gasteiger partial charge in [0, 0.05) is 5.56 Å². The molecule has 4 aromatic rings. The maximum Gasteiger partial charge on any atom is 0.280 e. The number of rotatable bonds is 6. The second-order valence-corrected chi connectivity index (χ2v) is 6.95. The number of hydrogen-bond acceptors (Lipinski definition) is 3. The van der Waals surface area contributed by atoms with Crippen LogP contribution in [0.5, 0.6) is 5.75 Å². The number of amides is 1. The molecule has 1 N–H and O–H groups in total. The third-order valence-electron chi connectivity index (χ3n) is 4.85. The maximum absolute atomic E-state index is 12.3. The third kappa shape index (κ3) is 4.55. The van der Waals surface area contributed by atoms with Gasteiger partial charge in [0.2, 0.25) is 0 Å². The lowest BCUT2D eigenvalue weighted by molar-refractivity contribution is -0.127. The van der Waals surface area contributed by atoms with E-state index in [-0.39, 0.29) is 5.91 Å². The lowest BCUT2D eigenvalue weighted by atomic mass is 10.1. The fourth-order valence-corrected chi connectivity index (χ4v) is 3.23. The van der Waals surface area contributed by atoms with Gasteiger partial charge in [-0.15, -0.1) is 0 Å². The molecule has 148 valence electrons. The maximum atomic E-state index is 12.3. The van der Waals surface area contributed by atoms with E-state index < -0.39 is 6.10 Å². The predicted octanol–water partition coefficient (Wildman–Crippen LogP) is 5.42. The first-order valence-corrected chi connectivity index (χ1v) is 9.83. The third-order valence-corrected chi connectivity index (χ3v) is 4.85. The SMILES string of the molecule is CC(Oc1ccc(-c2ccccc2)cc1)C(=O)N/N=C/c1cccc2ccccc12. The van der Waals surface area contributed by atoms with Crippen molar-refractivity contribution >= 4 is 22.9 Å². The Labute approximate surface area is 175 Å². The Morgan fingerprint density at radius 3 is 2.30 bits per heavy atom. The summed E-state index contributed by atoms with van der Waals surface area (Å²) in [6, 6.07) is 31.8.